The highest BCUT2D eigenvalue weighted by Gasteiger charge is 2.35. The van der Waals surface area contributed by atoms with Crippen LogP contribution in [0.2, 0.25) is 0 Å². The molecule has 2 nitrogen and oxygen atoms in total. The smallest absolute Gasteiger partial charge is 0.309 e. The Morgan fingerprint density at radius 1 is 0.889 bits per heavy atom. The van der Waals surface area contributed by atoms with Crippen LogP contribution in [0.3, 0.4) is 0 Å². The third-order valence-electron chi connectivity index (χ3n) is 7.95. The molecule has 0 aliphatic heterocycles. The van der Waals surface area contributed by atoms with Crippen LogP contribution in [0.5, 0.6) is 0 Å². The number of allylic oxidation sites excluding steroid dienone is 6. The maximum absolute atomic E-state index is 13.8. The Bertz CT molecular complexity index is 1130. The van der Waals surface area contributed by atoms with Crippen LogP contribution in [-0.4, -0.2) is 12.6 Å². The first-order chi connectivity index (χ1) is 17.4. The molecular formula is C34H42O2. The van der Waals surface area contributed by atoms with E-state index in [2.05, 4.69) is 95.3 Å². The predicted molar refractivity (Wildman–Crippen MR) is 151 cm³/mol. The van der Waals surface area contributed by atoms with Crippen LogP contribution in [0, 0.1) is 11.8 Å². The van der Waals surface area contributed by atoms with E-state index in [0.29, 0.717) is 6.61 Å². The summed E-state index contributed by atoms with van der Waals surface area (Å²) in [5.74, 6) is 0.222. The lowest BCUT2D eigenvalue weighted by Crippen LogP contribution is -2.30. The van der Waals surface area contributed by atoms with E-state index in [1.807, 2.05) is 0 Å². The summed E-state index contributed by atoms with van der Waals surface area (Å²) < 4.78 is 6.21. The number of carbonyl (C=O) groups excluding carboxylic acids is 1. The van der Waals surface area contributed by atoms with Crippen LogP contribution in [0.1, 0.15) is 90.2 Å². The van der Waals surface area contributed by atoms with E-state index in [1.165, 1.54) is 57.4 Å². The van der Waals surface area contributed by atoms with Gasteiger partial charge in [0.15, 0.2) is 0 Å². The summed E-state index contributed by atoms with van der Waals surface area (Å²) in [7, 11) is 0. The van der Waals surface area contributed by atoms with Crippen LogP contribution in [0.15, 0.2) is 83.0 Å². The van der Waals surface area contributed by atoms with Crippen LogP contribution in [0.25, 0.3) is 11.1 Å². The normalized spacial score (nSPS) is 19.1. The fourth-order valence-electron chi connectivity index (χ4n) is 6.00. The van der Waals surface area contributed by atoms with Crippen molar-refractivity contribution in [3.05, 3.63) is 94.1 Å². The molecule has 1 saturated carbocycles. The van der Waals surface area contributed by atoms with Gasteiger partial charge in [-0.1, -0.05) is 89.4 Å². The molecule has 4 rings (SSSR count). The number of esters is 1. The lowest BCUT2D eigenvalue weighted by atomic mass is 9.73. The summed E-state index contributed by atoms with van der Waals surface area (Å²) in [5.41, 5.74) is 10.6. The van der Waals surface area contributed by atoms with Crippen molar-refractivity contribution in [3.8, 4) is 11.1 Å². The summed E-state index contributed by atoms with van der Waals surface area (Å²) in [6.45, 7) is 11.2. The van der Waals surface area contributed by atoms with Crippen LogP contribution in [0.4, 0.5) is 0 Å². The first-order valence-electron chi connectivity index (χ1n) is 13.7. The average molecular weight is 483 g/mol. The maximum Gasteiger partial charge on any atom is 0.309 e. The van der Waals surface area contributed by atoms with Crippen molar-refractivity contribution in [1.29, 1.82) is 0 Å². The summed E-state index contributed by atoms with van der Waals surface area (Å²) in [6.07, 6.45) is 10.9. The highest BCUT2D eigenvalue weighted by molar-refractivity contribution is 5.79. The Morgan fingerprint density at radius 3 is 2.11 bits per heavy atom. The third-order valence-corrected chi connectivity index (χ3v) is 7.95. The quantitative estimate of drug-likeness (QED) is 0.277. The van der Waals surface area contributed by atoms with Crippen molar-refractivity contribution in [1.82, 2.24) is 0 Å². The first kappa shape index (κ1) is 26.2. The van der Waals surface area contributed by atoms with Gasteiger partial charge in [-0.3, -0.25) is 4.79 Å². The van der Waals surface area contributed by atoms with E-state index < -0.39 is 0 Å². The summed E-state index contributed by atoms with van der Waals surface area (Å²) in [4.78, 5) is 13.8. The number of ether oxygens (including phenoxy) is 1. The fourth-order valence-corrected chi connectivity index (χ4v) is 6.00. The molecule has 0 aromatic heterocycles. The minimum atomic E-state index is -0.122. The number of carbonyl (C=O) groups is 1. The van der Waals surface area contributed by atoms with Gasteiger partial charge in [-0.15, -0.1) is 0 Å². The predicted octanol–water partition coefficient (Wildman–Crippen LogP) is 9.18. The van der Waals surface area contributed by atoms with Crippen molar-refractivity contribution < 1.29 is 9.53 Å². The number of benzene rings is 2. The largest absolute Gasteiger partial charge is 0.464 e. The van der Waals surface area contributed by atoms with Crippen molar-refractivity contribution in [3.63, 3.8) is 0 Å². The second-order valence-electron chi connectivity index (χ2n) is 11.1. The second-order valence-corrected chi connectivity index (χ2v) is 11.1. The standard InChI is InChI=1S/C34H42O2/c1-23(2)18-20-25(5)26-12-6-7-13-27(26)32(21-19-24(3)4)34(35)36-22-33-30-16-10-8-14-28(30)29-15-9-11-17-31(29)33/h8-11,14-19,27,32-33H,6-7,12-13,20-22H2,1-5H3/b26-25-. The van der Waals surface area contributed by atoms with Gasteiger partial charge in [0.2, 0.25) is 0 Å². The van der Waals surface area contributed by atoms with E-state index in [4.69, 9.17) is 4.74 Å². The number of rotatable bonds is 8. The van der Waals surface area contributed by atoms with E-state index in [1.54, 1.807) is 0 Å². The Labute approximate surface area is 218 Å². The van der Waals surface area contributed by atoms with Crippen molar-refractivity contribution in [2.75, 3.05) is 6.61 Å². The van der Waals surface area contributed by atoms with Gasteiger partial charge in [-0.25, -0.2) is 0 Å². The van der Waals surface area contributed by atoms with E-state index in [9.17, 15) is 4.79 Å². The van der Waals surface area contributed by atoms with Gasteiger partial charge in [0.25, 0.3) is 0 Å². The molecule has 0 heterocycles. The molecule has 0 bridgehead atoms. The second kappa shape index (κ2) is 11.9. The molecule has 190 valence electrons. The van der Waals surface area contributed by atoms with Gasteiger partial charge in [0.05, 0.1) is 5.92 Å². The van der Waals surface area contributed by atoms with Gasteiger partial charge in [-0.05, 0) is 94.9 Å². The molecule has 2 aromatic carbocycles. The topological polar surface area (TPSA) is 26.3 Å². The maximum atomic E-state index is 13.8. The minimum absolute atomic E-state index is 0.0335. The molecule has 2 heteroatoms. The molecule has 0 saturated heterocycles. The number of hydrogen-bond acceptors (Lipinski definition) is 2. The lowest BCUT2D eigenvalue weighted by Gasteiger charge is -2.33. The molecule has 2 aromatic rings. The van der Waals surface area contributed by atoms with E-state index in [0.717, 1.165) is 25.7 Å². The molecule has 36 heavy (non-hydrogen) atoms. The van der Waals surface area contributed by atoms with Crippen LogP contribution in [-0.2, 0) is 9.53 Å². The molecular weight excluding hydrogens is 440 g/mol. The van der Waals surface area contributed by atoms with E-state index >= 15 is 0 Å². The number of fused-ring (bicyclic) bond motifs is 3. The van der Waals surface area contributed by atoms with Crippen molar-refractivity contribution in [2.45, 2.75) is 79.1 Å². The van der Waals surface area contributed by atoms with Gasteiger partial charge >= 0.3 is 5.97 Å². The summed E-state index contributed by atoms with van der Waals surface area (Å²) in [6, 6.07) is 17.1. The fraction of sp³-hybridized carbons (Fsp3) is 0.441. The molecule has 0 N–H and O–H groups in total. The van der Waals surface area contributed by atoms with Crippen molar-refractivity contribution in [2.24, 2.45) is 11.8 Å². The zero-order chi connectivity index (χ0) is 25.7. The third kappa shape index (κ3) is 5.91. The Hall–Kier alpha value is -2.87. The number of hydrogen-bond donors (Lipinski definition) is 0. The van der Waals surface area contributed by atoms with Crippen molar-refractivity contribution >= 4 is 5.97 Å². The van der Waals surface area contributed by atoms with Crippen LogP contribution < -0.4 is 0 Å². The van der Waals surface area contributed by atoms with Crippen LogP contribution >= 0.6 is 0 Å². The SMILES string of the molecule is CC(C)=CC/C(C)=C1/CCCCC1C(CC=C(C)C)C(=O)OCC1c2ccccc2-c2ccccc21. The summed E-state index contributed by atoms with van der Waals surface area (Å²) in [5, 5.41) is 0. The zero-order valence-corrected chi connectivity index (χ0v) is 22.8. The van der Waals surface area contributed by atoms with E-state index in [-0.39, 0.29) is 23.7 Å². The molecule has 0 spiro atoms. The van der Waals surface area contributed by atoms with Gasteiger partial charge in [0, 0.05) is 5.92 Å². The highest BCUT2D eigenvalue weighted by atomic mass is 16.5. The monoisotopic (exact) mass is 482 g/mol. The van der Waals surface area contributed by atoms with Gasteiger partial charge in [-0.2, -0.15) is 0 Å². The van der Waals surface area contributed by atoms with Gasteiger partial charge in [0.1, 0.15) is 6.61 Å². The Balaban J connectivity index is 1.58. The van der Waals surface area contributed by atoms with Gasteiger partial charge < -0.3 is 4.74 Å². The average Bonchev–Trinajstić information content (AvgIpc) is 3.20. The molecule has 2 unspecified atom stereocenters. The molecule has 2 atom stereocenters. The zero-order valence-electron chi connectivity index (χ0n) is 22.8. The molecule has 0 amide bonds. The highest BCUT2D eigenvalue weighted by Crippen LogP contribution is 2.45. The first-order valence-corrected chi connectivity index (χ1v) is 13.7. The molecule has 2 aliphatic rings. The molecule has 0 radical (unpaired) electrons. The Kier molecular flexibility index (Phi) is 8.67. The molecule has 1 fully saturated rings. The molecule has 2 aliphatic carbocycles. The Morgan fingerprint density at radius 2 is 1.50 bits per heavy atom. The summed E-state index contributed by atoms with van der Waals surface area (Å²) >= 11 is 0. The lowest BCUT2D eigenvalue weighted by molar-refractivity contribution is -0.150. The minimum Gasteiger partial charge on any atom is -0.464 e.